The zero-order valence-electron chi connectivity index (χ0n) is 43.3. The Morgan fingerprint density at radius 3 is 2.20 bits per heavy atom. The molecule has 2 heterocycles. The Morgan fingerprint density at radius 2 is 1.56 bits per heavy atom. The van der Waals surface area contributed by atoms with Crippen molar-refractivity contribution >= 4 is 41.1 Å². The first-order chi connectivity index (χ1) is 33.1. The summed E-state index contributed by atoms with van der Waals surface area (Å²) in [6, 6.07) is 12.4. The van der Waals surface area contributed by atoms with E-state index in [4.69, 9.17) is 44.8 Å². The molecule has 6 atom stereocenters. The van der Waals surface area contributed by atoms with Crippen LogP contribution in [0.2, 0.25) is 5.02 Å². The lowest BCUT2D eigenvalue weighted by atomic mass is 9.89. The molecular formula is C54H80ClN3O12. The summed E-state index contributed by atoms with van der Waals surface area (Å²) in [5.41, 5.74) is 1.75. The predicted molar refractivity (Wildman–Crippen MR) is 268 cm³/mol. The van der Waals surface area contributed by atoms with Crippen LogP contribution in [0.4, 0.5) is 0 Å². The molecular weight excluding hydrogens is 918 g/mol. The largest absolute Gasteiger partial charge is 0.495 e. The lowest BCUT2D eigenvalue weighted by Crippen LogP contribution is -2.51. The highest BCUT2D eigenvalue weighted by molar-refractivity contribution is 6.32. The van der Waals surface area contributed by atoms with Gasteiger partial charge in [-0.15, -0.1) is 0 Å². The molecule has 0 aromatic heterocycles. The fourth-order valence-electron chi connectivity index (χ4n) is 7.80. The van der Waals surface area contributed by atoms with Crippen molar-refractivity contribution in [1.29, 1.82) is 0 Å². The first-order valence-electron chi connectivity index (χ1n) is 24.8. The number of hydrogen-bond donors (Lipinski definition) is 2. The van der Waals surface area contributed by atoms with Gasteiger partial charge in [0.25, 0.3) is 0 Å². The van der Waals surface area contributed by atoms with E-state index in [1.54, 1.807) is 38.1 Å². The Bertz CT molecular complexity index is 2020. The molecule has 2 aromatic rings. The Kier molecular flexibility index (Phi) is 23.8. The molecule has 390 valence electrons. The van der Waals surface area contributed by atoms with E-state index >= 15 is 0 Å². The van der Waals surface area contributed by atoms with E-state index in [0.717, 1.165) is 37.1 Å². The number of hydrogen-bond acceptors (Lipinski definition) is 13. The number of amides is 2. The van der Waals surface area contributed by atoms with E-state index in [-0.39, 0.29) is 55.3 Å². The molecule has 2 N–H and O–H groups in total. The van der Waals surface area contributed by atoms with Crippen LogP contribution < -0.4 is 15.4 Å². The predicted octanol–water partition coefficient (Wildman–Crippen LogP) is 7.78. The maximum Gasteiger partial charge on any atom is 0.347 e. The third kappa shape index (κ3) is 20.8. The average Bonchev–Trinajstić information content (AvgIpc) is 4.10. The number of carbonyl (C=O) groups excluding carboxylic acids is 5. The number of likely N-dealkylation sites (N-methyl/N-ethyl adjacent to an activating group) is 1. The quantitative estimate of drug-likeness (QED) is 0.0560. The highest BCUT2D eigenvalue weighted by Gasteiger charge is 2.48. The highest BCUT2D eigenvalue weighted by atomic mass is 35.5. The molecule has 1 fully saturated rings. The summed E-state index contributed by atoms with van der Waals surface area (Å²) in [4.78, 5) is 68.8. The molecule has 2 aliphatic rings. The summed E-state index contributed by atoms with van der Waals surface area (Å²) in [6.45, 7) is 19.9. The first-order valence-corrected chi connectivity index (χ1v) is 25.2. The van der Waals surface area contributed by atoms with E-state index in [1.807, 2.05) is 40.0 Å². The molecule has 0 saturated carbocycles. The van der Waals surface area contributed by atoms with E-state index in [0.29, 0.717) is 74.6 Å². The van der Waals surface area contributed by atoms with Gasteiger partial charge in [-0.3, -0.25) is 24.1 Å². The topological polar surface area (TPSA) is 181 Å². The average molecular weight is 999 g/mol. The van der Waals surface area contributed by atoms with Crippen molar-refractivity contribution in [3.8, 4) is 5.75 Å². The van der Waals surface area contributed by atoms with Crippen LogP contribution in [-0.2, 0) is 65.4 Å². The number of carbonyl (C=O) groups is 5. The van der Waals surface area contributed by atoms with Crippen LogP contribution in [0.1, 0.15) is 117 Å². The van der Waals surface area contributed by atoms with Gasteiger partial charge in [0.2, 0.25) is 11.8 Å². The summed E-state index contributed by atoms with van der Waals surface area (Å²) in [5.74, 6) is -1.94. The number of methoxy groups -OCH3 is 1. The van der Waals surface area contributed by atoms with Crippen molar-refractivity contribution in [2.24, 2.45) is 22.7 Å². The van der Waals surface area contributed by atoms with Crippen molar-refractivity contribution in [3.05, 3.63) is 76.3 Å². The smallest absolute Gasteiger partial charge is 0.347 e. The minimum absolute atomic E-state index is 0.00989. The number of ketones is 1. The third-order valence-electron chi connectivity index (χ3n) is 12.3. The van der Waals surface area contributed by atoms with Crippen LogP contribution in [0.25, 0.3) is 0 Å². The first kappa shape index (κ1) is 58.2. The second kappa shape index (κ2) is 28.6. The second-order valence-electron chi connectivity index (χ2n) is 20.9. The lowest BCUT2D eigenvalue weighted by Gasteiger charge is -2.29. The molecule has 16 heteroatoms. The normalized spacial score (nSPS) is 22.2. The van der Waals surface area contributed by atoms with Crippen LogP contribution in [0, 0.1) is 22.7 Å². The van der Waals surface area contributed by atoms with Gasteiger partial charge in [0, 0.05) is 57.8 Å². The summed E-state index contributed by atoms with van der Waals surface area (Å²) in [7, 11) is 3.55. The molecule has 15 nitrogen and oxygen atoms in total. The number of Topliss-reactive ketones (excluding diaryl/α,β-unsaturated/α-hetero) is 1. The maximum atomic E-state index is 13.9. The number of ether oxygens (including phenoxy) is 7. The Hall–Kier alpha value is -4.38. The molecule has 0 radical (unpaired) electrons. The van der Waals surface area contributed by atoms with E-state index in [1.165, 1.54) is 13.2 Å². The fraction of sp³-hybridized carbons (Fsp3) is 0.648. The number of nitrogens with zero attached hydrogens (tertiary/aromatic N) is 1. The number of halogens is 1. The summed E-state index contributed by atoms with van der Waals surface area (Å²) < 4.78 is 40.6. The van der Waals surface area contributed by atoms with Gasteiger partial charge in [0.15, 0.2) is 6.10 Å². The third-order valence-corrected chi connectivity index (χ3v) is 12.6. The van der Waals surface area contributed by atoms with Gasteiger partial charge in [0.1, 0.15) is 29.8 Å². The summed E-state index contributed by atoms with van der Waals surface area (Å²) in [6.07, 6.45) is 3.84. The van der Waals surface area contributed by atoms with E-state index in [2.05, 4.69) is 48.4 Å². The van der Waals surface area contributed by atoms with Crippen molar-refractivity contribution in [3.63, 3.8) is 0 Å². The van der Waals surface area contributed by atoms with Crippen LogP contribution in [-0.4, -0.2) is 126 Å². The molecule has 0 aliphatic carbocycles. The summed E-state index contributed by atoms with van der Waals surface area (Å²) >= 11 is 6.38. The van der Waals surface area contributed by atoms with Crippen molar-refractivity contribution in [1.82, 2.24) is 15.5 Å². The molecule has 4 rings (SSSR count). The fourth-order valence-corrected chi connectivity index (χ4v) is 8.08. The molecule has 0 spiro atoms. The van der Waals surface area contributed by atoms with Gasteiger partial charge < -0.3 is 43.8 Å². The zero-order valence-corrected chi connectivity index (χ0v) is 44.0. The molecule has 2 aromatic carbocycles. The number of rotatable bonds is 25. The number of esters is 2. The maximum absolute atomic E-state index is 13.9. The van der Waals surface area contributed by atoms with Gasteiger partial charge in [-0.25, -0.2) is 4.79 Å². The minimum atomic E-state index is -1.23. The van der Waals surface area contributed by atoms with Crippen LogP contribution >= 0.6 is 11.6 Å². The SMILES string of the molecule is COc1ccc(C[C@H]2NC(=O)/C=C/C[C@@H]([C@H](C)[C@H]3O[C@@H]3c3ccc(CN(C)CCOCCOCCOCCCC(=O)CCC(C)(C)C)cc3)OC(=O)[C@H](CC(C)C)OC(=O)C(C)(C)CNC2=O)cc1Cl. The number of nitrogens with one attached hydrogen (secondary N) is 2. The Morgan fingerprint density at radius 1 is 0.900 bits per heavy atom. The molecule has 0 bridgehead atoms. The van der Waals surface area contributed by atoms with Gasteiger partial charge in [-0.1, -0.05) is 89.6 Å². The summed E-state index contributed by atoms with van der Waals surface area (Å²) in [5, 5.41) is 5.94. The highest BCUT2D eigenvalue weighted by Crippen LogP contribution is 2.45. The van der Waals surface area contributed by atoms with Gasteiger partial charge in [-0.05, 0) is 86.4 Å². The molecule has 0 unspecified atom stereocenters. The number of epoxide rings is 1. The number of cyclic esters (lactones) is 2. The zero-order chi connectivity index (χ0) is 51.4. The Labute approximate surface area is 421 Å². The van der Waals surface area contributed by atoms with Crippen molar-refractivity contribution in [2.75, 3.05) is 66.9 Å². The Balaban J connectivity index is 1.28. The van der Waals surface area contributed by atoms with Gasteiger partial charge in [0.05, 0.1) is 56.7 Å². The minimum Gasteiger partial charge on any atom is -0.495 e. The standard InChI is InChI=1S/C54H80ClN3O12/c1-36(2)31-46-51(62)68-44(14-11-15-47(60)57-43(33-39-18-21-45(64-10)42(55)32-39)50(61)56-35-54(7,8)52(63)69-46)37(3)48-49(70-48)40-19-16-38(17-20-40)34-58(9)24-26-66-28-30-67-29-27-65-25-12-13-41(59)22-23-53(4,5)6/h11,15-21,32,36-37,43-44,46,48-49H,12-14,22-31,33-35H2,1-10H3,(H,56,61)(H,57,60)/b15-11+/t37-,43+,44-,46-,48+,49+/m0/s1. The van der Waals surface area contributed by atoms with Gasteiger partial charge in [-0.2, -0.15) is 0 Å². The van der Waals surface area contributed by atoms with Crippen molar-refractivity contribution in [2.45, 2.75) is 137 Å². The molecule has 2 aliphatic heterocycles. The van der Waals surface area contributed by atoms with E-state index < -0.39 is 47.4 Å². The van der Waals surface area contributed by atoms with Gasteiger partial charge >= 0.3 is 11.9 Å². The van der Waals surface area contributed by atoms with Crippen LogP contribution in [0.3, 0.4) is 0 Å². The number of benzene rings is 2. The molecule has 2 amide bonds. The molecule has 70 heavy (non-hydrogen) atoms. The monoisotopic (exact) mass is 998 g/mol. The van der Waals surface area contributed by atoms with Crippen LogP contribution in [0.5, 0.6) is 5.75 Å². The van der Waals surface area contributed by atoms with Crippen LogP contribution in [0.15, 0.2) is 54.6 Å². The lowest BCUT2D eigenvalue weighted by molar-refractivity contribution is -0.179. The van der Waals surface area contributed by atoms with E-state index in [9.17, 15) is 24.0 Å². The second-order valence-corrected chi connectivity index (χ2v) is 21.3. The van der Waals surface area contributed by atoms with Crippen molar-refractivity contribution < 1.29 is 57.1 Å². The molecule has 1 saturated heterocycles.